The maximum atomic E-state index is 11.0. The van der Waals surface area contributed by atoms with E-state index in [1.807, 2.05) is 12.1 Å². The van der Waals surface area contributed by atoms with Crippen molar-refractivity contribution in [3.8, 4) is 0 Å². The third-order valence-corrected chi connectivity index (χ3v) is 6.39. The minimum absolute atomic E-state index is 0.628. The molecule has 166 valence electrons. The minimum atomic E-state index is 0.628. The number of aromatic amines is 1. The molecule has 0 unspecified atom stereocenters. The quantitative estimate of drug-likeness (QED) is 0.579. The summed E-state index contributed by atoms with van der Waals surface area (Å²) in [5.41, 5.74) is 4.98. The molecular formula is C23H26ClN7O. The van der Waals surface area contributed by atoms with E-state index in [1.54, 1.807) is 11.2 Å². The molecule has 0 bridgehead atoms. The van der Waals surface area contributed by atoms with Crippen molar-refractivity contribution in [3.05, 3.63) is 47.4 Å². The van der Waals surface area contributed by atoms with Gasteiger partial charge >= 0.3 is 0 Å². The smallest absolute Gasteiger partial charge is 0.209 e. The first-order chi connectivity index (χ1) is 15.6. The summed E-state index contributed by atoms with van der Waals surface area (Å²) >= 11 is 6.46. The number of hydrogen-bond acceptors (Lipinski definition) is 6. The lowest BCUT2D eigenvalue weighted by molar-refractivity contribution is -0.117. The summed E-state index contributed by atoms with van der Waals surface area (Å²) in [5.74, 6) is 0.732. The number of aromatic nitrogens is 3. The number of rotatable bonds is 5. The molecule has 1 fully saturated rings. The topological polar surface area (TPSA) is 80.4 Å². The lowest BCUT2D eigenvalue weighted by Crippen LogP contribution is -2.44. The lowest BCUT2D eigenvalue weighted by Gasteiger charge is -2.34. The molecule has 4 heterocycles. The van der Waals surface area contributed by atoms with E-state index in [9.17, 15) is 4.79 Å². The Kier molecular flexibility index (Phi) is 5.71. The van der Waals surface area contributed by atoms with Gasteiger partial charge < -0.3 is 25.0 Å². The van der Waals surface area contributed by atoms with Gasteiger partial charge in [-0.3, -0.25) is 4.79 Å². The van der Waals surface area contributed by atoms with Crippen LogP contribution in [-0.4, -0.2) is 77.5 Å². The third-order valence-electron chi connectivity index (χ3n) is 6.17. The van der Waals surface area contributed by atoms with E-state index in [2.05, 4.69) is 55.3 Å². The molecule has 9 heteroatoms. The van der Waals surface area contributed by atoms with Crippen molar-refractivity contribution in [2.24, 2.45) is 0 Å². The van der Waals surface area contributed by atoms with Crippen LogP contribution >= 0.6 is 11.6 Å². The summed E-state index contributed by atoms with van der Waals surface area (Å²) in [5, 5.41) is 5.05. The molecule has 2 aliphatic rings. The van der Waals surface area contributed by atoms with Crippen LogP contribution in [0.2, 0.25) is 5.02 Å². The molecule has 8 nitrogen and oxygen atoms in total. The first kappa shape index (κ1) is 20.8. The van der Waals surface area contributed by atoms with Crippen LogP contribution in [0.15, 0.2) is 36.7 Å². The molecular weight excluding hydrogens is 426 g/mol. The maximum Gasteiger partial charge on any atom is 0.209 e. The molecule has 3 aromatic rings. The van der Waals surface area contributed by atoms with Gasteiger partial charge in [-0.25, -0.2) is 9.97 Å². The van der Waals surface area contributed by atoms with Crippen molar-refractivity contribution in [2.75, 3.05) is 56.5 Å². The predicted molar refractivity (Wildman–Crippen MR) is 129 cm³/mol. The fraction of sp³-hybridized carbons (Fsp3) is 0.348. The zero-order valence-corrected chi connectivity index (χ0v) is 18.8. The largest absolute Gasteiger partial charge is 0.369 e. The lowest BCUT2D eigenvalue weighted by atomic mass is 10.1. The second kappa shape index (κ2) is 8.80. The van der Waals surface area contributed by atoms with Gasteiger partial charge in [-0.05, 0) is 43.3 Å². The number of carbonyl (C=O) groups excluding carboxylic acids is 1. The highest BCUT2D eigenvalue weighted by molar-refractivity contribution is 6.31. The number of piperazine rings is 1. The molecule has 1 saturated heterocycles. The summed E-state index contributed by atoms with van der Waals surface area (Å²) < 4.78 is 0. The first-order valence-corrected chi connectivity index (χ1v) is 11.2. The van der Waals surface area contributed by atoms with Gasteiger partial charge in [-0.15, -0.1) is 0 Å². The number of nitrogens with zero attached hydrogens (tertiary/aromatic N) is 5. The molecule has 32 heavy (non-hydrogen) atoms. The van der Waals surface area contributed by atoms with Crippen LogP contribution in [0.1, 0.15) is 12.1 Å². The Morgan fingerprint density at radius 1 is 1.09 bits per heavy atom. The molecule has 2 aliphatic heterocycles. The second-order valence-corrected chi connectivity index (χ2v) is 8.80. The van der Waals surface area contributed by atoms with Gasteiger partial charge in [-0.2, -0.15) is 0 Å². The Morgan fingerprint density at radius 3 is 2.69 bits per heavy atom. The molecule has 2 aromatic heterocycles. The van der Waals surface area contributed by atoms with Gasteiger partial charge in [-0.1, -0.05) is 17.7 Å². The Hall–Kier alpha value is -3.10. The van der Waals surface area contributed by atoms with Crippen molar-refractivity contribution >= 4 is 51.8 Å². The van der Waals surface area contributed by atoms with E-state index in [-0.39, 0.29) is 0 Å². The zero-order chi connectivity index (χ0) is 22.1. The Morgan fingerprint density at radius 2 is 1.94 bits per heavy atom. The molecule has 0 radical (unpaired) electrons. The zero-order valence-electron chi connectivity index (χ0n) is 18.0. The highest BCUT2D eigenvalue weighted by atomic mass is 35.5. The average molecular weight is 452 g/mol. The number of fused-ring (bicyclic) bond motifs is 1. The van der Waals surface area contributed by atoms with Gasteiger partial charge in [0.1, 0.15) is 17.8 Å². The molecule has 2 N–H and O–H groups in total. The van der Waals surface area contributed by atoms with Crippen LogP contribution in [0.5, 0.6) is 0 Å². The number of amides is 1. The van der Waals surface area contributed by atoms with Crippen LogP contribution in [-0.2, 0) is 4.79 Å². The number of nitrogens with one attached hydrogen (secondary N) is 2. The number of H-pyrrole nitrogens is 1. The van der Waals surface area contributed by atoms with Crippen molar-refractivity contribution in [1.29, 1.82) is 0 Å². The molecule has 0 atom stereocenters. The van der Waals surface area contributed by atoms with Crippen LogP contribution in [0.4, 0.5) is 17.2 Å². The summed E-state index contributed by atoms with van der Waals surface area (Å²) in [6, 6.07) is 8.13. The van der Waals surface area contributed by atoms with Crippen LogP contribution in [0, 0.1) is 0 Å². The van der Waals surface area contributed by atoms with Gasteiger partial charge in [0, 0.05) is 61.4 Å². The summed E-state index contributed by atoms with van der Waals surface area (Å²) in [4.78, 5) is 29.7. The first-order valence-electron chi connectivity index (χ1n) is 10.8. The Labute approximate surface area is 191 Å². The number of anilines is 3. The number of carbonyl (C=O) groups is 1. The fourth-order valence-corrected chi connectivity index (χ4v) is 4.50. The second-order valence-electron chi connectivity index (χ2n) is 8.36. The van der Waals surface area contributed by atoms with Crippen LogP contribution in [0.25, 0.3) is 16.6 Å². The number of halogens is 1. The van der Waals surface area contributed by atoms with E-state index >= 15 is 0 Å². The van der Waals surface area contributed by atoms with E-state index in [0.717, 1.165) is 79.5 Å². The normalized spacial score (nSPS) is 17.5. The highest BCUT2D eigenvalue weighted by Gasteiger charge is 2.17. The number of likely N-dealkylation sites (N-methyl/N-ethyl adjacent to an activating group) is 1. The predicted octanol–water partition coefficient (Wildman–Crippen LogP) is 3.35. The molecule has 1 amide bonds. The summed E-state index contributed by atoms with van der Waals surface area (Å²) in [6.45, 7) is 5.38. The molecule has 0 spiro atoms. The van der Waals surface area contributed by atoms with Gasteiger partial charge in [0.2, 0.25) is 6.41 Å². The van der Waals surface area contributed by atoms with E-state index in [1.165, 1.54) is 5.57 Å². The summed E-state index contributed by atoms with van der Waals surface area (Å²) in [7, 11) is 2.15. The SMILES string of the molecule is CN1CCN(c2cc(Cl)cc(Nc3ncnc4[nH]c(C5=CCN(C=O)CC5)cc34)c2)CC1. The monoisotopic (exact) mass is 451 g/mol. The van der Waals surface area contributed by atoms with Gasteiger partial charge in [0.15, 0.2) is 0 Å². The molecule has 0 saturated carbocycles. The van der Waals surface area contributed by atoms with Crippen molar-refractivity contribution in [3.63, 3.8) is 0 Å². The van der Waals surface area contributed by atoms with E-state index in [4.69, 9.17) is 11.6 Å². The molecule has 1 aromatic carbocycles. The third kappa shape index (κ3) is 4.28. The van der Waals surface area contributed by atoms with Gasteiger partial charge in [0.05, 0.1) is 5.39 Å². The minimum Gasteiger partial charge on any atom is -0.369 e. The highest BCUT2D eigenvalue weighted by Crippen LogP contribution is 2.31. The maximum absolute atomic E-state index is 11.0. The average Bonchev–Trinajstić information content (AvgIpc) is 3.25. The van der Waals surface area contributed by atoms with Crippen molar-refractivity contribution in [2.45, 2.75) is 6.42 Å². The molecule has 5 rings (SSSR count). The Balaban J connectivity index is 1.41. The van der Waals surface area contributed by atoms with Crippen molar-refractivity contribution in [1.82, 2.24) is 24.8 Å². The van der Waals surface area contributed by atoms with E-state index in [0.29, 0.717) is 11.6 Å². The number of benzene rings is 1. The standard InChI is InChI=1S/C23H26ClN7O/c1-29-6-8-31(9-7-29)19-11-17(24)10-18(12-19)27-22-20-13-21(28-23(20)26-14-25-22)16-2-4-30(15-32)5-3-16/h2,10-15H,3-9H2,1H3,(H2,25,26,27,28). The molecule has 0 aliphatic carbocycles. The van der Waals surface area contributed by atoms with E-state index < -0.39 is 0 Å². The summed E-state index contributed by atoms with van der Waals surface area (Å²) in [6.07, 6.45) is 5.35. The van der Waals surface area contributed by atoms with Crippen molar-refractivity contribution < 1.29 is 4.79 Å². The number of hydrogen-bond donors (Lipinski definition) is 2. The fourth-order valence-electron chi connectivity index (χ4n) is 4.27. The van der Waals surface area contributed by atoms with Crippen LogP contribution in [0.3, 0.4) is 0 Å². The Bertz CT molecular complexity index is 1170. The van der Waals surface area contributed by atoms with Gasteiger partial charge in [0.25, 0.3) is 0 Å². The van der Waals surface area contributed by atoms with Crippen LogP contribution < -0.4 is 10.2 Å².